The van der Waals surface area contributed by atoms with Crippen LogP contribution in [0, 0.1) is 0 Å². The van der Waals surface area contributed by atoms with Gasteiger partial charge in [0.1, 0.15) is 0 Å². The zero-order chi connectivity index (χ0) is 13.5. The Morgan fingerprint density at radius 3 is 2.79 bits per heavy atom. The van der Waals surface area contributed by atoms with Gasteiger partial charge in [-0.15, -0.1) is 11.8 Å². The fourth-order valence-corrected chi connectivity index (χ4v) is 3.40. The second kappa shape index (κ2) is 7.93. The highest BCUT2D eigenvalue weighted by Crippen LogP contribution is 2.24. The van der Waals surface area contributed by atoms with Crippen molar-refractivity contribution in [2.75, 3.05) is 18.9 Å². The Kier molecular flexibility index (Phi) is 6.21. The Bertz CT molecular complexity index is 360. The normalized spacial score (nSPS) is 20.6. The summed E-state index contributed by atoms with van der Waals surface area (Å²) >= 11 is 1.94. The van der Waals surface area contributed by atoms with Gasteiger partial charge in [-0.1, -0.05) is 19.1 Å². The lowest BCUT2D eigenvalue weighted by atomic mass is 10.1. The molecule has 1 N–H and O–H groups in total. The van der Waals surface area contributed by atoms with Crippen LogP contribution < -0.4 is 5.32 Å². The summed E-state index contributed by atoms with van der Waals surface area (Å²) in [5.74, 6) is 1.16. The third-order valence-electron chi connectivity index (χ3n) is 3.62. The second-order valence-electron chi connectivity index (χ2n) is 5.12. The van der Waals surface area contributed by atoms with Crippen molar-refractivity contribution in [2.45, 2.75) is 50.2 Å². The van der Waals surface area contributed by atoms with Crippen molar-refractivity contribution in [2.24, 2.45) is 0 Å². The van der Waals surface area contributed by atoms with E-state index in [0.29, 0.717) is 12.1 Å². The van der Waals surface area contributed by atoms with Crippen LogP contribution in [0.5, 0.6) is 0 Å². The lowest BCUT2D eigenvalue weighted by molar-refractivity contribution is 0.109. The minimum absolute atomic E-state index is 0.441. The van der Waals surface area contributed by atoms with Crippen LogP contribution in [-0.2, 0) is 4.74 Å². The average Bonchev–Trinajstić information content (AvgIpc) is 2.93. The number of thioether (sulfide) groups is 1. The van der Waals surface area contributed by atoms with Gasteiger partial charge in [-0.25, -0.2) is 0 Å². The molecule has 2 atom stereocenters. The molecule has 0 aromatic heterocycles. The van der Waals surface area contributed by atoms with E-state index >= 15 is 0 Å². The smallest absolute Gasteiger partial charge is 0.0584 e. The van der Waals surface area contributed by atoms with Crippen molar-refractivity contribution in [3.63, 3.8) is 0 Å². The van der Waals surface area contributed by atoms with Crippen LogP contribution in [0.1, 0.15) is 44.7 Å². The first-order valence-corrected chi connectivity index (χ1v) is 8.36. The van der Waals surface area contributed by atoms with Gasteiger partial charge >= 0.3 is 0 Å². The first-order valence-electron chi connectivity index (χ1n) is 7.37. The van der Waals surface area contributed by atoms with E-state index in [-0.39, 0.29) is 0 Å². The van der Waals surface area contributed by atoms with Gasteiger partial charge in [-0.2, -0.15) is 0 Å². The SMILES string of the molecule is CCNC(C)c1ccc(SCCC2CCCO2)cc1. The van der Waals surface area contributed by atoms with Crippen LogP contribution in [0.25, 0.3) is 0 Å². The van der Waals surface area contributed by atoms with E-state index in [1.54, 1.807) is 0 Å². The predicted octanol–water partition coefficient (Wildman–Crippen LogP) is 4.02. The monoisotopic (exact) mass is 279 g/mol. The minimum Gasteiger partial charge on any atom is -0.378 e. The summed E-state index contributed by atoms with van der Waals surface area (Å²) in [6.45, 7) is 6.33. The van der Waals surface area contributed by atoms with Crippen LogP contribution >= 0.6 is 11.8 Å². The molecule has 0 saturated carbocycles. The molecule has 1 aromatic rings. The van der Waals surface area contributed by atoms with E-state index in [2.05, 4.69) is 43.4 Å². The number of hydrogen-bond donors (Lipinski definition) is 1. The van der Waals surface area contributed by atoms with Gasteiger partial charge in [0, 0.05) is 23.3 Å². The van der Waals surface area contributed by atoms with Crippen molar-refractivity contribution in [3.8, 4) is 0 Å². The molecule has 0 bridgehead atoms. The third kappa shape index (κ3) is 4.83. The summed E-state index contributed by atoms with van der Waals surface area (Å²) < 4.78 is 5.65. The zero-order valence-electron chi connectivity index (χ0n) is 12.0. The lowest BCUT2D eigenvalue weighted by Crippen LogP contribution is -2.17. The Morgan fingerprint density at radius 1 is 1.37 bits per heavy atom. The van der Waals surface area contributed by atoms with Crippen molar-refractivity contribution in [3.05, 3.63) is 29.8 Å². The molecule has 1 heterocycles. The molecule has 0 amide bonds. The number of ether oxygens (including phenoxy) is 1. The molecule has 106 valence electrons. The average molecular weight is 279 g/mol. The number of nitrogens with one attached hydrogen (secondary N) is 1. The summed E-state index contributed by atoms with van der Waals surface area (Å²) in [4.78, 5) is 1.37. The quantitative estimate of drug-likeness (QED) is 0.762. The van der Waals surface area contributed by atoms with Crippen LogP contribution in [0.4, 0.5) is 0 Å². The highest BCUT2D eigenvalue weighted by atomic mass is 32.2. The molecule has 0 radical (unpaired) electrons. The van der Waals surface area contributed by atoms with E-state index in [4.69, 9.17) is 4.74 Å². The van der Waals surface area contributed by atoms with Gasteiger partial charge < -0.3 is 10.1 Å². The second-order valence-corrected chi connectivity index (χ2v) is 6.29. The molecule has 19 heavy (non-hydrogen) atoms. The highest BCUT2D eigenvalue weighted by molar-refractivity contribution is 7.99. The molecule has 1 aliphatic heterocycles. The van der Waals surface area contributed by atoms with Gasteiger partial charge in [-0.3, -0.25) is 0 Å². The first-order chi connectivity index (χ1) is 9.29. The van der Waals surface area contributed by atoms with Gasteiger partial charge in [0.2, 0.25) is 0 Å². The Labute approximate surface area is 121 Å². The summed E-state index contributed by atoms with van der Waals surface area (Å²) in [7, 11) is 0. The van der Waals surface area contributed by atoms with Crippen LogP contribution in [0.2, 0.25) is 0 Å². The molecule has 2 nitrogen and oxygen atoms in total. The number of benzene rings is 1. The van der Waals surface area contributed by atoms with Crippen LogP contribution in [0.3, 0.4) is 0 Å². The van der Waals surface area contributed by atoms with Gasteiger partial charge in [0.25, 0.3) is 0 Å². The van der Waals surface area contributed by atoms with E-state index < -0.39 is 0 Å². The maximum Gasteiger partial charge on any atom is 0.0584 e. The van der Waals surface area contributed by atoms with Crippen molar-refractivity contribution >= 4 is 11.8 Å². The largest absolute Gasteiger partial charge is 0.378 e. The third-order valence-corrected chi connectivity index (χ3v) is 4.67. The molecule has 0 spiro atoms. The van der Waals surface area contributed by atoms with E-state index in [0.717, 1.165) is 18.9 Å². The summed E-state index contributed by atoms with van der Waals surface area (Å²) in [6.07, 6.45) is 4.19. The molecule has 1 aromatic carbocycles. The summed E-state index contributed by atoms with van der Waals surface area (Å²) in [5.41, 5.74) is 1.37. The maximum atomic E-state index is 5.65. The van der Waals surface area contributed by atoms with Crippen LogP contribution in [-0.4, -0.2) is 25.0 Å². The Hall–Kier alpha value is -0.510. The highest BCUT2D eigenvalue weighted by Gasteiger charge is 2.14. The van der Waals surface area contributed by atoms with Crippen molar-refractivity contribution < 1.29 is 4.74 Å². The van der Waals surface area contributed by atoms with Gasteiger partial charge in [-0.05, 0) is 50.4 Å². The van der Waals surface area contributed by atoms with E-state index in [1.807, 2.05) is 11.8 Å². The number of hydrogen-bond acceptors (Lipinski definition) is 3. The fourth-order valence-electron chi connectivity index (χ4n) is 2.46. The van der Waals surface area contributed by atoms with Crippen LogP contribution in [0.15, 0.2) is 29.2 Å². The topological polar surface area (TPSA) is 21.3 Å². The van der Waals surface area contributed by atoms with Gasteiger partial charge in [0.15, 0.2) is 0 Å². The molecule has 2 unspecified atom stereocenters. The van der Waals surface area contributed by atoms with Crippen molar-refractivity contribution in [1.82, 2.24) is 5.32 Å². The molecule has 1 saturated heterocycles. The Morgan fingerprint density at radius 2 is 2.16 bits per heavy atom. The fraction of sp³-hybridized carbons (Fsp3) is 0.625. The molecule has 1 fully saturated rings. The number of rotatable bonds is 7. The zero-order valence-corrected chi connectivity index (χ0v) is 12.8. The van der Waals surface area contributed by atoms with Crippen molar-refractivity contribution in [1.29, 1.82) is 0 Å². The van der Waals surface area contributed by atoms with E-state index in [9.17, 15) is 0 Å². The standard InChI is InChI=1S/C16H25NOS/c1-3-17-13(2)14-6-8-16(9-7-14)19-12-10-15-5-4-11-18-15/h6-9,13,15,17H,3-5,10-12H2,1-2H3. The molecule has 0 aliphatic carbocycles. The van der Waals surface area contributed by atoms with E-state index in [1.165, 1.54) is 29.7 Å². The Balaban J connectivity index is 1.74. The summed E-state index contributed by atoms with van der Waals surface area (Å²) in [6, 6.07) is 9.40. The minimum atomic E-state index is 0.441. The molecular formula is C16H25NOS. The first kappa shape index (κ1) is 14.9. The van der Waals surface area contributed by atoms with Gasteiger partial charge in [0.05, 0.1) is 6.10 Å². The molecule has 2 rings (SSSR count). The summed E-state index contributed by atoms with van der Waals surface area (Å²) in [5, 5.41) is 3.44. The molecule has 1 aliphatic rings. The maximum absolute atomic E-state index is 5.65. The molecule has 3 heteroatoms. The molecular weight excluding hydrogens is 254 g/mol. The lowest BCUT2D eigenvalue weighted by Gasteiger charge is -2.13. The predicted molar refractivity (Wildman–Crippen MR) is 82.8 cm³/mol.